The monoisotopic (exact) mass is 421 g/mol. The van der Waals surface area contributed by atoms with Crippen LogP contribution in [-0.4, -0.2) is 38.9 Å². The molecule has 0 atom stereocenters. The van der Waals surface area contributed by atoms with E-state index in [0.29, 0.717) is 23.8 Å². The van der Waals surface area contributed by atoms with Gasteiger partial charge < -0.3 is 9.64 Å². The molecule has 28 heavy (non-hydrogen) atoms. The predicted molar refractivity (Wildman–Crippen MR) is 107 cm³/mol. The summed E-state index contributed by atoms with van der Waals surface area (Å²) in [6, 6.07) is 5.75. The molecule has 0 saturated carbocycles. The molecule has 1 aliphatic heterocycles. The average molecular weight is 422 g/mol. The normalized spacial score (nSPS) is 14.0. The van der Waals surface area contributed by atoms with Crippen LogP contribution in [0.15, 0.2) is 24.4 Å². The third kappa shape index (κ3) is 5.00. The van der Waals surface area contributed by atoms with Gasteiger partial charge in [0.25, 0.3) is 0 Å². The van der Waals surface area contributed by atoms with E-state index in [1.165, 1.54) is 6.20 Å². The minimum Gasteiger partial charge on any atom is -0.460 e. The summed E-state index contributed by atoms with van der Waals surface area (Å²) in [7, 11) is 0. The summed E-state index contributed by atoms with van der Waals surface area (Å²) in [6.45, 7) is 6.25. The van der Waals surface area contributed by atoms with Gasteiger partial charge in [-0.1, -0.05) is 23.7 Å². The molecule has 1 aliphatic rings. The molecule has 1 aromatic heterocycles. The van der Waals surface area contributed by atoms with E-state index in [9.17, 15) is 9.59 Å². The Morgan fingerprint density at radius 3 is 2.71 bits per heavy atom. The molecule has 0 saturated heterocycles. The van der Waals surface area contributed by atoms with E-state index in [1.54, 1.807) is 4.90 Å². The Labute approximate surface area is 173 Å². The first-order chi connectivity index (χ1) is 13.1. The molecule has 6 nitrogen and oxygen atoms in total. The number of hydrogen-bond acceptors (Lipinski definition) is 5. The Bertz CT molecular complexity index is 925. The molecule has 0 fully saturated rings. The number of esters is 1. The number of nitrogens with zero attached hydrogens (tertiary/aromatic N) is 3. The molecule has 0 radical (unpaired) electrons. The minimum absolute atomic E-state index is 0.0278. The number of rotatable bonds is 4. The van der Waals surface area contributed by atoms with Gasteiger partial charge in [-0.3, -0.25) is 9.59 Å². The Kier molecular flexibility index (Phi) is 5.91. The van der Waals surface area contributed by atoms with E-state index in [4.69, 9.17) is 27.9 Å². The molecular weight excluding hydrogens is 401 g/mol. The van der Waals surface area contributed by atoms with E-state index >= 15 is 0 Å². The highest BCUT2D eigenvalue weighted by molar-refractivity contribution is 6.33. The first kappa shape index (κ1) is 20.6. The maximum Gasteiger partial charge on any atom is 0.308 e. The van der Waals surface area contributed by atoms with E-state index in [-0.39, 0.29) is 30.0 Å². The van der Waals surface area contributed by atoms with Gasteiger partial charge in [-0.05, 0) is 49.6 Å². The molecule has 2 heterocycles. The number of hydrogen-bond donors (Lipinski definition) is 0. The standard InChI is InChI=1S/C20H21Cl2N3O3/c1-20(2,3)28-17(27)6-7-25-11-13-5-4-12(8-14(13)9-16(25)26)18-15(21)10-23-19(22)24-18/h4-5,8,10H,6-7,9,11H2,1-3H3. The fourth-order valence-electron chi connectivity index (χ4n) is 3.03. The van der Waals surface area contributed by atoms with Crippen LogP contribution < -0.4 is 0 Å². The Morgan fingerprint density at radius 2 is 2.00 bits per heavy atom. The van der Waals surface area contributed by atoms with Crippen LogP contribution >= 0.6 is 23.2 Å². The summed E-state index contributed by atoms with van der Waals surface area (Å²) >= 11 is 12.1. The van der Waals surface area contributed by atoms with Gasteiger partial charge in [0.1, 0.15) is 5.60 Å². The van der Waals surface area contributed by atoms with Crippen molar-refractivity contribution in [3.05, 3.63) is 45.8 Å². The fourth-order valence-corrected chi connectivity index (χ4v) is 3.36. The topological polar surface area (TPSA) is 72.4 Å². The maximum absolute atomic E-state index is 12.5. The zero-order chi connectivity index (χ0) is 20.5. The lowest BCUT2D eigenvalue weighted by atomic mass is 9.95. The van der Waals surface area contributed by atoms with Gasteiger partial charge in [-0.25, -0.2) is 9.97 Å². The molecule has 148 valence electrons. The van der Waals surface area contributed by atoms with Crippen molar-refractivity contribution in [3.63, 3.8) is 0 Å². The van der Waals surface area contributed by atoms with Gasteiger partial charge in [0, 0.05) is 18.7 Å². The van der Waals surface area contributed by atoms with Crippen LogP contribution in [-0.2, 0) is 27.3 Å². The summed E-state index contributed by atoms with van der Waals surface area (Å²) in [6.07, 6.45) is 1.88. The van der Waals surface area contributed by atoms with Crippen LogP contribution in [0.3, 0.4) is 0 Å². The van der Waals surface area contributed by atoms with Crippen LogP contribution in [0.25, 0.3) is 11.3 Å². The number of carbonyl (C=O) groups is 2. The first-order valence-electron chi connectivity index (χ1n) is 8.92. The molecule has 1 aromatic carbocycles. The Morgan fingerprint density at radius 1 is 1.25 bits per heavy atom. The highest BCUT2D eigenvalue weighted by Gasteiger charge is 2.25. The lowest BCUT2D eigenvalue weighted by Crippen LogP contribution is -2.38. The number of benzene rings is 1. The van der Waals surface area contributed by atoms with Gasteiger partial charge in [-0.15, -0.1) is 0 Å². The SMILES string of the molecule is CC(C)(C)OC(=O)CCN1Cc2ccc(-c3nc(Cl)ncc3Cl)cc2CC1=O. The van der Waals surface area contributed by atoms with Crippen molar-refractivity contribution in [2.45, 2.75) is 45.8 Å². The smallest absolute Gasteiger partial charge is 0.308 e. The van der Waals surface area contributed by atoms with E-state index in [1.807, 2.05) is 39.0 Å². The third-order valence-corrected chi connectivity index (χ3v) is 4.71. The summed E-state index contributed by atoms with van der Waals surface area (Å²) in [5, 5.41) is 0.506. The molecule has 0 unspecified atom stereocenters. The summed E-state index contributed by atoms with van der Waals surface area (Å²) in [5.41, 5.74) is 2.73. The lowest BCUT2D eigenvalue weighted by Gasteiger charge is -2.29. The van der Waals surface area contributed by atoms with Crippen molar-refractivity contribution in [2.75, 3.05) is 6.54 Å². The number of aromatic nitrogens is 2. The van der Waals surface area contributed by atoms with Gasteiger partial charge in [0.15, 0.2) is 0 Å². The molecule has 1 amide bonds. The van der Waals surface area contributed by atoms with Crippen molar-refractivity contribution in [1.82, 2.24) is 14.9 Å². The number of amides is 1. The molecule has 8 heteroatoms. The van der Waals surface area contributed by atoms with Crippen LogP contribution in [0.4, 0.5) is 0 Å². The highest BCUT2D eigenvalue weighted by atomic mass is 35.5. The minimum atomic E-state index is -0.531. The average Bonchev–Trinajstić information content (AvgIpc) is 2.60. The Balaban J connectivity index is 1.73. The largest absolute Gasteiger partial charge is 0.460 e. The number of carbonyl (C=O) groups excluding carboxylic acids is 2. The summed E-state index contributed by atoms with van der Waals surface area (Å²) < 4.78 is 5.31. The van der Waals surface area contributed by atoms with Crippen LogP contribution in [0.1, 0.15) is 38.3 Å². The van der Waals surface area contributed by atoms with Crippen molar-refractivity contribution in [1.29, 1.82) is 0 Å². The number of ether oxygens (including phenoxy) is 1. The quantitative estimate of drug-likeness (QED) is 0.549. The van der Waals surface area contributed by atoms with Gasteiger partial charge in [-0.2, -0.15) is 0 Å². The van der Waals surface area contributed by atoms with Crippen molar-refractivity contribution >= 4 is 35.1 Å². The highest BCUT2D eigenvalue weighted by Crippen LogP contribution is 2.30. The van der Waals surface area contributed by atoms with Crippen molar-refractivity contribution < 1.29 is 14.3 Å². The van der Waals surface area contributed by atoms with Crippen LogP contribution in [0, 0.1) is 0 Å². The number of halogens is 2. The second-order valence-corrected chi connectivity index (χ2v) is 8.39. The summed E-state index contributed by atoms with van der Waals surface area (Å²) in [5.74, 6) is -0.336. The van der Waals surface area contributed by atoms with Gasteiger partial charge in [0.2, 0.25) is 11.2 Å². The van der Waals surface area contributed by atoms with E-state index in [0.717, 1.165) is 16.7 Å². The Hall–Kier alpha value is -2.18. The molecule has 0 aliphatic carbocycles. The van der Waals surface area contributed by atoms with E-state index < -0.39 is 5.60 Å². The fraction of sp³-hybridized carbons (Fsp3) is 0.400. The van der Waals surface area contributed by atoms with Crippen LogP contribution in [0.5, 0.6) is 0 Å². The number of fused-ring (bicyclic) bond motifs is 1. The zero-order valence-electron chi connectivity index (χ0n) is 16.0. The molecule has 0 bridgehead atoms. The van der Waals surface area contributed by atoms with Crippen molar-refractivity contribution in [2.24, 2.45) is 0 Å². The molecule has 2 aromatic rings. The summed E-state index contributed by atoms with van der Waals surface area (Å²) in [4.78, 5) is 34.2. The van der Waals surface area contributed by atoms with Crippen molar-refractivity contribution in [3.8, 4) is 11.3 Å². The van der Waals surface area contributed by atoms with Gasteiger partial charge in [0.05, 0.1) is 29.8 Å². The maximum atomic E-state index is 12.5. The molecular formula is C20H21Cl2N3O3. The van der Waals surface area contributed by atoms with E-state index in [2.05, 4.69) is 9.97 Å². The van der Waals surface area contributed by atoms with Gasteiger partial charge >= 0.3 is 5.97 Å². The predicted octanol–water partition coefficient (Wildman–Crippen LogP) is 4.07. The second kappa shape index (κ2) is 8.05. The molecule has 0 spiro atoms. The first-order valence-corrected chi connectivity index (χ1v) is 9.68. The molecule has 0 N–H and O–H groups in total. The third-order valence-electron chi connectivity index (χ3n) is 4.26. The zero-order valence-corrected chi connectivity index (χ0v) is 17.5. The van der Waals surface area contributed by atoms with Crippen LogP contribution in [0.2, 0.25) is 10.3 Å². The molecule has 3 rings (SSSR count). The second-order valence-electron chi connectivity index (χ2n) is 7.65. The lowest BCUT2D eigenvalue weighted by molar-refractivity contribution is -0.155.